The van der Waals surface area contributed by atoms with Crippen LogP contribution in [0.1, 0.15) is 92.8 Å². The van der Waals surface area contributed by atoms with E-state index in [-0.39, 0.29) is 11.5 Å². The van der Waals surface area contributed by atoms with Crippen LogP contribution >= 0.6 is 0 Å². The molecule has 168 valence electrons. The van der Waals surface area contributed by atoms with Crippen molar-refractivity contribution in [2.45, 2.75) is 76.9 Å². The summed E-state index contributed by atoms with van der Waals surface area (Å²) in [5, 5.41) is 0. The van der Waals surface area contributed by atoms with Crippen molar-refractivity contribution in [2.75, 3.05) is 13.2 Å². The van der Waals surface area contributed by atoms with Crippen LogP contribution in [0.15, 0.2) is 36.4 Å². The van der Waals surface area contributed by atoms with E-state index in [4.69, 9.17) is 9.47 Å². The summed E-state index contributed by atoms with van der Waals surface area (Å²) in [6.07, 6.45) is 6.99. The van der Waals surface area contributed by atoms with Crippen LogP contribution in [0.4, 0.5) is 8.78 Å². The summed E-state index contributed by atoms with van der Waals surface area (Å²) >= 11 is 0. The number of ether oxygens (including phenoxy) is 2. The van der Waals surface area contributed by atoms with Crippen molar-refractivity contribution in [1.29, 1.82) is 0 Å². The molecule has 0 spiro atoms. The van der Waals surface area contributed by atoms with E-state index >= 15 is 0 Å². The molecule has 0 bridgehead atoms. The molecule has 1 aliphatic carbocycles. The fourth-order valence-corrected chi connectivity index (χ4v) is 5.07. The fourth-order valence-electron chi connectivity index (χ4n) is 5.07. The maximum absolute atomic E-state index is 14.5. The Morgan fingerprint density at radius 3 is 1.97 bits per heavy atom. The van der Waals surface area contributed by atoms with Gasteiger partial charge in [-0.15, -0.1) is 0 Å². The van der Waals surface area contributed by atoms with Gasteiger partial charge < -0.3 is 9.47 Å². The zero-order chi connectivity index (χ0) is 21.8. The van der Waals surface area contributed by atoms with Crippen LogP contribution in [-0.4, -0.2) is 13.2 Å². The summed E-state index contributed by atoms with van der Waals surface area (Å²) in [5.74, 6) is 0.0528. The van der Waals surface area contributed by atoms with Gasteiger partial charge in [0.25, 0.3) is 0 Å². The van der Waals surface area contributed by atoms with E-state index in [1.165, 1.54) is 43.2 Å². The summed E-state index contributed by atoms with van der Waals surface area (Å²) in [7, 11) is 0. The van der Waals surface area contributed by atoms with Crippen molar-refractivity contribution in [3.8, 4) is 0 Å². The number of aryl methyl sites for hydroxylation is 1. The lowest BCUT2D eigenvalue weighted by Crippen LogP contribution is -2.26. The molecule has 0 amide bonds. The third-order valence-corrected chi connectivity index (χ3v) is 7.17. The maximum atomic E-state index is 14.5. The van der Waals surface area contributed by atoms with Gasteiger partial charge in [0.1, 0.15) is 0 Å². The molecule has 0 N–H and O–H groups in total. The second-order valence-electron chi connectivity index (χ2n) is 9.18. The molecule has 0 radical (unpaired) electrons. The Labute approximate surface area is 185 Å². The first-order valence-electron chi connectivity index (χ1n) is 11.9. The van der Waals surface area contributed by atoms with E-state index in [0.717, 1.165) is 12.3 Å². The quantitative estimate of drug-likeness (QED) is 0.476. The molecule has 2 fully saturated rings. The molecule has 2 aliphatic rings. The summed E-state index contributed by atoms with van der Waals surface area (Å²) in [6.45, 7) is 5.11. The highest BCUT2D eigenvalue weighted by Gasteiger charge is 2.29. The average Bonchev–Trinajstić information content (AvgIpc) is 2.83. The van der Waals surface area contributed by atoms with Gasteiger partial charge in [0.05, 0.1) is 13.2 Å². The van der Waals surface area contributed by atoms with Gasteiger partial charge >= 0.3 is 0 Å². The van der Waals surface area contributed by atoms with E-state index in [1.807, 2.05) is 6.92 Å². The Balaban J connectivity index is 1.35. The minimum absolute atomic E-state index is 0.105. The SMILES string of the molecule is CCCc1ccc(C2OCC(c3ccc(C4CCC(CC)CC4)cc3)CO2)c(F)c1F. The minimum Gasteiger partial charge on any atom is -0.348 e. The van der Waals surface area contributed by atoms with Gasteiger partial charge in [-0.3, -0.25) is 0 Å². The lowest BCUT2D eigenvalue weighted by molar-refractivity contribution is -0.193. The van der Waals surface area contributed by atoms with Gasteiger partial charge in [0.2, 0.25) is 0 Å². The molecule has 0 unspecified atom stereocenters. The summed E-state index contributed by atoms with van der Waals surface area (Å²) in [4.78, 5) is 0. The zero-order valence-corrected chi connectivity index (χ0v) is 18.7. The maximum Gasteiger partial charge on any atom is 0.186 e. The van der Waals surface area contributed by atoms with Gasteiger partial charge in [-0.25, -0.2) is 8.78 Å². The topological polar surface area (TPSA) is 18.5 Å². The van der Waals surface area contributed by atoms with Gasteiger partial charge in [0.15, 0.2) is 17.9 Å². The van der Waals surface area contributed by atoms with Gasteiger partial charge in [-0.1, -0.05) is 63.1 Å². The largest absolute Gasteiger partial charge is 0.348 e. The zero-order valence-electron chi connectivity index (χ0n) is 18.7. The first-order valence-corrected chi connectivity index (χ1v) is 11.9. The van der Waals surface area contributed by atoms with Crippen molar-refractivity contribution >= 4 is 0 Å². The van der Waals surface area contributed by atoms with Crippen LogP contribution in [0.3, 0.4) is 0 Å². The Kier molecular flexibility index (Phi) is 7.39. The highest BCUT2D eigenvalue weighted by Crippen LogP contribution is 2.38. The molecule has 0 atom stereocenters. The van der Waals surface area contributed by atoms with Crippen LogP contribution in [-0.2, 0) is 15.9 Å². The van der Waals surface area contributed by atoms with Gasteiger partial charge in [-0.2, -0.15) is 0 Å². The summed E-state index contributed by atoms with van der Waals surface area (Å²) < 4.78 is 40.4. The second-order valence-corrected chi connectivity index (χ2v) is 9.18. The van der Waals surface area contributed by atoms with Crippen molar-refractivity contribution in [2.24, 2.45) is 5.92 Å². The monoisotopic (exact) mass is 428 g/mol. The van der Waals surface area contributed by atoms with Crippen molar-refractivity contribution < 1.29 is 18.3 Å². The smallest absolute Gasteiger partial charge is 0.186 e. The molecule has 31 heavy (non-hydrogen) atoms. The molecule has 1 saturated heterocycles. The second kappa shape index (κ2) is 10.2. The normalized spacial score (nSPS) is 26.7. The number of benzene rings is 2. The van der Waals surface area contributed by atoms with E-state index in [9.17, 15) is 8.78 Å². The lowest BCUT2D eigenvalue weighted by Gasteiger charge is -2.31. The number of rotatable bonds is 6. The van der Waals surface area contributed by atoms with E-state index in [1.54, 1.807) is 12.1 Å². The predicted molar refractivity (Wildman–Crippen MR) is 119 cm³/mol. The molecule has 2 aromatic carbocycles. The van der Waals surface area contributed by atoms with Gasteiger partial charge in [0, 0.05) is 11.5 Å². The van der Waals surface area contributed by atoms with Crippen LogP contribution < -0.4 is 0 Å². The molecule has 0 aromatic heterocycles. The molecule has 1 saturated carbocycles. The molecule has 4 heteroatoms. The Morgan fingerprint density at radius 2 is 1.39 bits per heavy atom. The molecular weight excluding hydrogens is 394 g/mol. The standard InChI is InChI=1S/C27H34F2O2/c1-3-5-22-14-15-24(26(29)25(22)28)27-30-16-23(17-31-27)21-12-10-20(11-13-21)19-8-6-18(4-2)7-9-19/h10-15,18-19,23,27H,3-9,16-17H2,1-2H3. The first kappa shape index (κ1) is 22.4. The van der Waals surface area contributed by atoms with Crippen molar-refractivity contribution in [3.63, 3.8) is 0 Å². The first-order chi connectivity index (χ1) is 15.1. The van der Waals surface area contributed by atoms with Crippen LogP contribution in [0.2, 0.25) is 0 Å². The van der Waals surface area contributed by atoms with Crippen molar-refractivity contribution in [1.82, 2.24) is 0 Å². The molecule has 1 heterocycles. The predicted octanol–water partition coefficient (Wildman–Crippen LogP) is 7.43. The number of halogens is 2. The van der Waals surface area contributed by atoms with E-state index in [0.29, 0.717) is 31.1 Å². The molecule has 1 aliphatic heterocycles. The van der Waals surface area contributed by atoms with E-state index < -0.39 is 17.9 Å². The van der Waals surface area contributed by atoms with Crippen LogP contribution in [0.25, 0.3) is 0 Å². The lowest BCUT2D eigenvalue weighted by atomic mass is 9.77. The third kappa shape index (κ3) is 5.01. The highest BCUT2D eigenvalue weighted by molar-refractivity contribution is 5.30. The Morgan fingerprint density at radius 1 is 0.774 bits per heavy atom. The average molecular weight is 429 g/mol. The van der Waals surface area contributed by atoms with E-state index in [2.05, 4.69) is 31.2 Å². The van der Waals surface area contributed by atoms with Crippen molar-refractivity contribution in [3.05, 3.63) is 70.3 Å². The highest BCUT2D eigenvalue weighted by atomic mass is 19.2. The molecule has 2 aromatic rings. The summed E-state index contributed by atoms with van der Waals surface area (Å²) in [5.41, 5.74) is 3.16. The number of hydrogen-bond acceptors (Lipinski definition) is 2. The summed E-state index contributed by atoms with van der Waals surface area (Å²) in [6, 6.07) is 12.1. The minimum atomic E-state index is -0.852. The van der Waals surface area contributed by atoms with Crippen LogP contribution in [0.5, 0.6) is 0 Å². The molecular formula is C27H34F2O2. The van der Waals surface area contributed by atoms with Gasteiger partial charge in [-0.05, 0) is 60.6 Å². The number of hydrogen-bond donors (Lipinski definition) is 0. The fraction of sp³-hybridized carbons (Fsp3) is 0.556. The third-order valence-electron chi connectivity index (χ3n) is 7.17. The Hall–Kier alpha value is -1.78. The molecule has 2 nitrogen and oxygen atoms in total. The van der Waals surface area contributed by atoms with Crippen LogP contribution in [0, 0.1) is 17.6 Å². The molecule has 4 rings (SSSR count). The Bertz CT molecular complexity index is 848.